The fourth-order valence-electron chi connectivity index (χ4n) is 2.32. The van der Waals surface area contributed by atoms with Gasteiger partial charge in [-0.3, -0.25) is 4.79 Å². The molecule has 0 aromatic heterocycles. The fourth-order valence-corrected chi connectivity index (χ4v) is 2.32. The van der Waals surface area contributed by atoms with Gasteiger partial charge in [0, 0.05) is 6.42 Å². The number of hydrogen-bond acceptors (Lipinski definition) is 2. The molecule has 0 spiro atoms. The first-order valence-electron chi connectivity index (χ1n) is 8.67. The molecule has 31 heavy (non-hydrogen) atoms. The van der Waals surface area contributed by atoms with E-state index in [1.54, 1.807) is 0 Å². The topological polar surface area (TPSA) is 26.3 Å². The summed E-state index contributed by atoms with van der Waals surface area (Å²) in [5.74, 6) is -41.1. The van der Waals surface area contributed by atoms with Gasteiger partial charge in [0.05, 0.1) is 12.0 Å². The van der Waals surface area contributed by atoms with Gasteiger partial charge in [-0.25, -0.2) is 0 Å². The SMILES string of the molecule is CCCCC(CC(F)(F)C(F)(F)C(F)(F)C(F)(F)C(F)(F)C(F)(F)F)C(=O)OC(C)C. The summed E-state index contributed by atoms with van der Waals surface area (Å²) < 4.78 is 175. The van der Waals surface area contributed by atoms with Crippen molar-refractivity contribution in [3.8, 4) is 0 Å². The number of ether oxygens (including phenoxy) is 1. The lowest BCUT2D eigenvalue weighted by Crippen LogP contribution is -2.70. The van der Waals surface area contributed by atoms with E-state index in [1.165, 1.54) is 20.8 Å². The third kappa shape index (κ3) is 5.49. The van der Waals surface area contributed by atoms with Gasteiger partial charge < -0.3 is 4.74 Å². The number of carbonyl (C=O) groups excluding carboxylic acids is 1. The van der Waals surface area contributed by atoms with Crippen molar-refractivity contribution in [3.05, 3.63) is 0 Å². The number of unbranched alkanes of at least 4 members (excludes halogenated alkanes) is 1. The van der Waals surface area contributed by atoms with Gasteiger partial charge in [-0.1, -0.05) is 19.8 Å². The van der Waals surface area contributed by atoms with E-state index in [1.807, 2.05) is 0 Å². The van der Waals surface area contributed by atoms with Crippen LogP contribution in [-0.2, 0) is 9.53 Å². The molecule has 0 heterocycles. The molecule has 2 nitrogen and oxygen atoms in total. The Balaban J connectivity index is 6.20. The summed E-state index contributed by atoms with van der Waals surface area (Å²) in [6, 6.07) is 0. The summed E-state index contributed by atoms with van der Waals surface area (Å²) in [6.07, 6.45) is -11.6. The molecule has 0 aromatic carbocycles. The first-order valence-corrected chi connectivity index (χ1v) is 8.67. The molecule has 186 valence electrons. The summed E-state index contributed by atoms with van der Waals surface area (Å²) in [6.45, 7) is 3.86. The van der Waals surface area contributed by atoms with Crippen molar-refractivity contribution < 1.29 is 66.6 Å². The van der Waals surface area contributed by atoms with Crippen molar-refractivity contribution in [2.45, 2.75) is 88.3 Å². The Morgan fingerprint density at radius 1 is 0.742 bits per heavy atom. The smallest absolute Gasteiger partial charge is 0.460 e. The molecule has 0 radical (unpaired) electrons. The summed E-state index contributed by atoms with van der Waals surface area (Å²) in [5, 5.41) is 0. The van der Waals surface area contributed by atoms with Crippen molar-refractivity contribution in [2.24, 2.45) is 5.92 Å². The Kier molecular flexibility index (Phi) is 8.77. The Hall–Kier alpha value is -1.44. The maximum absolute atomic E-state index is 14.0. The van der Waals surface area contributed by atoms with E-state index in [-0.39, 0.29) is 12.8 Å². The monoisotopic (exact) mass is 490 g/mol. The van der Waals surface area contributed by atoms with Gasteiger partial charge in [-0.05, 0) is 20.3 Å². The maximum atomic E-state index is 14.0. The second-order valence-electron chi connectivity index (χ2n) is 7.03. The predicted molar refractivity (Wildman–Crippen MR) is 79.7 cm³/mol. The van der Waals surface area contributed by atoms with Crippen LogP contribution in [0, 0.1) is 5.92 Å². The van der Waals surface area contributed by atoms with Crippen LogP contribution in [0.2, 0.25) is 0 Å². The Morgan fingerprint density at radius 3 is 1.52 bits per heavy atom. The van der Waals surface area contributed by atoms with Crippen LogP contribution in [0.5, 0.6) is 0 Å². The molecule has 0 aromatic rings. The zero-order chi connectivity index (χ0) is 25.3. The molecule has 0 N–H and O–H groups in total. The van der Waals surface area contributed by atoms with Gasteiger partial charge in [0.15, 0.2) is 0 Å². The van der Waals surface area contributed by atoms with Crippen molar-refractivity contribution in [2.75, 3.05) is 0 Å². The summed E-state index contributed by atoms with van der Waals surface area (Å²) in [7, 11) is 0. The molecule has 0 aliphatic heterocycles. The van der Waals surface area contributed by atoms with Crippen LogP contribution in [0.25, 0.3) is 0 Å². The molecule has 0 bridgehead atoms. The van der Waals surface area contributed by atoms with Gasteiger partial charge in [0.1, 0.15) is 0 Å². The predicted octanol–water partition coefficient (Wildman–Crippen LogP) is 6.87. The molecule has 0 rings (SSSR count). The number of rotatable bonds is 11. The van der Waals surface area contributed by atoms with Crippen molar-refractivity contribution in [3.63, 3.8) is 0 Å². The highest BCUT2D eigenvalue weighted by Crippen LogP contribution is 2.61. The normalized spacial score (nSPS) is 15.9. The molecular formula is C16H19F13O2. The molecule has 0 saturated heterocycles. The number of carbonyl (C=O) groups is 1. The van der Waals surface area contributed by atoms with E-state index in [0.29, 0.717) is 0 Å². The average molecular weight is 490 g/mol. The quantitative estimate of drug-likeness (QED) is 0.233. The highest BCUT2D eigenvalue weighted by molar-refractivity contribution is 5.72. The second-order valence-corrected chi connectivity index (χ2v) is 7.03. The van der Waals surface area contributed by atoms with E-state index in [9.17, 15) is 61.9 Å². The average Bonchev–Trinajstić information content (AvgIpc) is 2.55. The Morgan fingerprint density at radius 2 is 1.16 bits per heavy atom. The third-order valence-electron chi connectivity index (χ3n) is 4.09. The third-order valence-corrected chi connectivity index (χ3v) is 4.09. The van der Waals surface area contributed by atoms with Crippen LogP contribution in [0.4, 0.5) is 57.1 Å². The highest BCUT2D eigenvalue weighted by atomic mass is 19.4. The number of alkyl halides is 13. The second kappa shape index (κ2) is 9.20. The molecule has 0 saturated carbocycles. The number of esters is 1. The number of halogens is 13. The maximum Gasteiger partial charge on any atom is 0.460 e. The van der Waals surface area contributed by atoms with Crippen LogP contribution in [0.1, 0.15) is 46.5 Å². The van der Waals surface area contributed by atoms with Gasteiger partial charge >= 0.3 is 41.8 Å². The van der Waals surface area contributed by atoms with Gasteiger partial charge in [-0.2, -0.15) is 57.1 Å². The van der Waals surface area contributed by atoms with Crippen LogP contribution in [-0.4, -0.2) is 47.9 Å². The lowest BCUT2D eigenvalue weighted by Gasteiger charge is -2.40. The van der Waals surface area contributed by atoms with E-state index in [4.69, 9.17) is 0 Å². The van der Waals surface area contributed by atoms with Crippen molar-refractivity contribution >= 4 is 5.97 Å². The summed E-state index contributed by atoms with van der Waals surface area (Å²) in [5.41, 5.74) is 0. The van der Waals surface area contributed by atoms with Gasteiger partial charge in [0.25, 0.3) is 0 Å². The Labute approximate surface area is 168 Å². The fraction of sp³-hybridized carbons (Fsp3) is 0.938. The number of hydrogen-bond donors (Lipinski definition) is 0. The minimum atomic E-state index is -7.96. The first kappa shape index (κ1) is 29.6. The lowest BCUT2D eigenvalue weighted by molar-refractivity contribution is -0.440. The van der Waals surface area contributed by atoms with Crippen LogP contribution in [0.3, 0.4) is 0 Å². The zero-order valence-corrected chi connectivity index (χ0v) is 16.2. The Bertz CT molecular complexity index is 611. The van der Waals surface area contributed by atoms with Gasteiger partial charge in [0.2, 0.25) is 0 Å². The lowest BCUT2D eigenvalue weighted by atomic mass is 9.87. The van der Waals surface area contributed by atoms with Crippen LogP contribution in [0.15, 0.2) is 0 Å². The molecule has 1 unspecified atom stereocenters. The molecule has 0 amide bonds. The molecule has 0 aliphatic rings. The van der Waals surface area contributed by atoms with Crippen LogP contribution >= 0.6 is 0 Å². The van der Waals surface area contributed by atoms with E-state index < -0.39 is 66.6 Å². The van der Waals surface area contributed by atoms with E-state index >= 15 is 0 Å². The largest absolute Gasteiger partial charge is 0.463 e. The first-order chi connectivity index (χ1) is 13.5. The molecular weight excluding hydrogens is 471 g/mol. The highest BCUT2D eigenvalue weighted by Gasteiger charge is 2.90. The molecule has 0 fully saturated rings. The minimum Gasteiger partial charge on any atom is -0.463 e. The summed E-state index contributed by atoms with van der Waals surface area (Å²) >= 11 is 0. The summed E-state index contributed by atoms with van der Waals surface area (Å²) in [4.78, 5) is 11.8. The minimum absolute atomic E-state index is 0.113. The van der Waals surface area contributed by atoms with Crippen LogP contribution < -0.4 is 0 Å². The standard InChI is InChI=1S/C16H19F13O2/c1-4-5-6-9(10(30)31-8(2)3)7-11(17,18)12(19,20)13(21,22)14(23,24)15(25,26)16(27,28)29/h8-9H,4-7H2,1-3H3. The van der Waals surface area contributed by atoms with E-state index in [0.717, 1.165) is 0 Å². The molecule has 15 heteroatoms. The van der Waals surface area contributed by atoms with Crippen molar-refractivity contribution in [1.82, 2.24) is 0 Å². The van der Waals surface area contributed by atoms with Gasteiger partial charge in [-0.15, -0.1) is 0 Å². The zero-order valence-electron chi connectivity index (χ0n) is 16.2. The van der Waals surface area contributed by atoms with Crippen molar-refractivity contribution in [1.29, 1.82) is 0 Å². The van der Waals surface area contributed by atoms with E-state index in [2.05, 4.69) is 4.74 Å². The molecule has 1 atom stereocenters. The molecule has 0 aliphatic carbocycles.